The molecular weight excluding hydrogens is 276 g/mol. The molecule has 22 heavy (non-hydrogen) atoms. The zero-order valence-electron chi connectivity index (χ0n) is 13.1. The second-order valence-electron chi connectivity index (χ2n) is 5.86. The average Bonchev–Trinajstić information content (AvgIpc) is 3.01. The number of hydrogen-bond acceptors (Lipinski definition) is 6. The molecule has 0 unspecified atom stereocenters. The molecule has 116 valence electrons. The molecule has 3 rings (SSSR count). The van der Waals surface area contributed by atoms with Crippen LogP contribution >= 0.6 is 0 Å². The summed E-state index contributed by atoms with van der Waals surface area (Å²) in [5.41, 5.74) is 2.10. The summed E-state index contributed by atoms with van der Waals surface area (Å²) in [4.78, 5) is 6.55. The Morgan fingerprint density at radius 2 is 1.82 bits per heavy atom. The highest BCUT2D eigenvalue weighted by atomic mass is 15.3. The van der Waals surface area contributed by atoms with Crippen LogP contribution in [0.1, 0.15) is 25.7 Å². The van der Waals surface area contributed by atoms with Crippen LogP contribution in [-0.2, 0) is 0 Å². The van der Waals surface area contributed by atoms with Crippen LogP contribution in [0.5, 0.6) is 0 Å². The lowest BCUT2D eigenvalue weighted by Gasteiger charge is -2.14. The van der Waals surface area contributed by atoms with Crippen LogP contribution in [0.4, 0.5) is 23.1 Å². The van der Waals surface area contributed by atoms with Gasteiger partial charge in [-0.2, -0.15) is 10.1 Å². The first kappa shape index (κ1) is 14.6. The van der Waals surface area contributed by atoms with Gasteiger partial charge in [-0.05, 0) is 37.1 Å². The molecule has 6 nitrogen and oxygen atoms in total. The van der Waals surface area contributed by atoms with Crippen LogP contribution in [0.2, 0.25) is 0 Å². The lowest BCUT2D eigenvalue weighted by molar-refractivity contribution is 0.747. The molecule has 1 saturated carbocycles. The number of anilines is 4. The minimum atomic E-state index is 0.514. The van der Waals surface area contributed by atoms with Crippen molar-refractivity contribution in [1.82, 2.24) is 15.2 Å². The molecule has 1 fully saturated rings. The van der Waals surface area contributed by atoms with Crippen LogP contribution in [-0.4, -0.2) is 35.3 Å². The number of benzene rings is 1. The topological polar surface area (TPSA) is 66.0 Å². The van der Waals surface area contributed by atoms with Gasteiger partial charge in [0.15, 0.2) is 5.82 Å². The second-order valence-corrected chi connectivity index (χ2v) is 5.86. The summed E-state index contributed by atoms with van der Waals surface area (Å²) in [7, 11) is 4.04. The Morgan fingerprint density at radius 1 is 1.09 bits per heavy atom. The van der Waals surface area contributed by atoms with E-state index >= 15 is 0 Å². The van der Waals surface area contributed by atoms with Crippen LogP contribution in [0.15, 0.2) is 30.5 Å². The molecule has 2 N–H and O–H groups in total. The summed E-state index contributed by atoms with van der Waals surface area (Å²) in [5, 5.41) is 14.7. The van der Waals surface area contributed by atoms with Gasteiger partial charge in [0, 0.05) is 31.5 Å². The van der Waals surface area contributed by atoms with Gasteiger partial charge in [-0.25, -0.2) is 0 Å². The van der Waals surface area contributed by atoms with Gasteiger partial charge in [-0.15, -0.1) is 5.10 Å². The molecule has 1 heterocycles. The third-order valence-corrected chi connectivity index (χ3v) is 3.91. The largest absolute Gasteiger partial charge is 0.378 e. The van der Waals surface area contributed by atoms with Crippen molar-refractivity contribution in [1.29, 1.82) is 0 Å². The van der Waals surface area contributed by atoms with E-state index in [2.05, 4.69) is 42.8 Å². The van der Waals surface area contributed by atoms with E-state index in [4.69, 9.17) is 0 Å². The fourth-order valence-electron chi connectivity index (χ4n) is 2.68. The lowest BCUT2D eigenvalue weighted by Crippen LogP contribution is -2.16. The van der Waals surface area contributed by atoms with Crippen LogP contribution < -0.4 is 15.5 Å². The molecule has 0 amide bonds. The molecule has 0 spiro atoms. The normalized spacial score (nSPS) is 14.8. The predicted octanol–water partition coefficient (Wildman–Crippen LogP) is 3.04. The zero-order chi connectivity index (χ0) is 15.4. The highest BCUT2D eigenvalue weighted by molar-refractivity contribution is 5.59. The van der Waals surface area contributed by atoms with Crippen molar-refractivity contribution in [2.75, 3.05) is 29.6 Å². The lowest BCUT2D eigenvalue weighted by atomic mass is 10.2. The third kappa shape index (κ3) is 3.63. The van der Waals surface area contributed by atoms with E-state index in [0.29, 0.717) is 12.0 Å². The molecule has 0 radical (unpaired) electrons. The summed E-state index contributed by atoms with van der Waals surface area (Å²) >= 11 is 0. The quantitative estimate of drug-likeness (QED) is 0.884. The maximum atomic E-state index is 4.48. The number of hydrogen-bond donors (Lipinski definition) is 2. The monoisotopic (exact) mass is 298 g/mol. The Kier molecular flexibility index (Phi) is 4.37. The van der Waals surface area contributed by atoms with Crippen molar-refractivity contribution < 1.29 is 0 Å². The van der Waals surface area contributed by atoms with E-state index in [1.807, 2.05) is 26.2 Å². The first-order chi connectivity index (χ1) is 10.7. The molecule has 1 aliphatic carbocycles. The average molecular weight is 298 g/mol. The van der Waals surface area contributed by atoms with Crippen LogP contribution in [0.3, 0.4) is 0 Å². The summed E-state index contributed by atoms with van der Waals surface area (Å²) in [6, 6.07) is 8.64. The molecule has 2 aromatic rings. The van der Waals surface area contributed by atoms with Gasteiger partial charge in [0.2, 0.25) is 5.95 Å². The van der Waals surface area contributed by atoms with Gasteiger partial charge in [0.05, 0.1) is 6.20 Å². The molecule has 1 aromatic carbocycles. The van der Waals surface area contributed by atoms with Crippen LogP contribution in [0.25, 0.3) is 0 Å². The maximum absolute atomic E-state index is 4.48. The van der Waals surface area contributed by atoms with Crippen LogP contribution in [0, 0.1) is 0 Å². The molecule has 1 aromatic heterocycles. The first-order valence-corrected chi connectivity index (χ1v) is 7.71. The van der Waals surface area contributed by atoms with E-state index in [-0.39, 0.29) is 0 Å². The Hall–Kier alpha value is -2.37. The fraction of sp³-hybridized carbons (Fsp3) is 0.438. The SMILES string of the molecule is CN(C)c1ccc(Nc2nncc(NC3CCCC3)n2)cc1. The Bertz CT molecular complexity index is 604. The number of nitrogens with zero attached hydrogens (tertiary/aromatic N) is 4. The van der Waals surface area contributed by atoms with Crippen molar-refractivity contribution in [2.24, 2.45) is 0 Å². The van der Waals surface area contributed by atoms with Crippen molar-refractivity contribution in [3.8, 4) is 0 Å². The van der Waals surface area contributed by atoms with Gasteiger partial charge in [0.25, 0.3) is 0 Å². The predicted molar refractivity (Wildman–Crippen MR) is 89.8 cm³/mol. The van der Waals surface area contributed by atoms with Gasteiger partial charge >= 0.3 is 0 Å². The minimum absolute atomic E-state index is 0.514. The number of nitrogens with one attached hydrogen (secondary N) is 2. The standard InChI is InChI=1S/C16H22N6/c1-22(2)14-9-7-13(8-10-14)19-16-20-15(11-17-21-16)18-12-5-3-4-6-12/h7-12H,3-6H2,1-2H3,(H2,18,19,20,21). The molecule has 1 aliphatic rings. The molecule has 0 atom stereocenters. The van der Waals surface area contributed by atoms with Crippen molar-refractivity contribution in [3.63, 3.8) is 0 Å². The van der Waals surface area contributed by atoms with E-state index in [0.717, 1.165) is 17.2 Å². The van der Waals surface area contributed by atoms with E-state index in [1.54, 1.807) is 6.20 Å². The Labute approximate surface area is 131 Å². The molecule has 0 saturated heterocycles. The van der Waals surface area contributed by atoms with Gasteiger partial charge in [0.1, 0.15) is 0 Å². The van der Waals surface area contributed by atoms with Gasteiger partial charge < -0.3 is 15.5 Å². The summed E-state index contributed by atoms with van der Waals surface area (Å²) in [5.74, 6) is 1.30. The first-order valence-electron chi connectivity index (χ1n) is 7.71. The van der Waals surface area contributed by atoms with Gasteiger partial charge in [-0.1, -0.05) is 12.8 Å². The summed E-state index contributed by atoms with van der Waals surface area (Å²) in [6.45, 7) is 0. The minimum Gasteiger partial charge on any atom is -0.378 e. The van der Waals surface area contributed by atoms with Crippen molar-refractivity contribution >= 4 is 23.1 Å². The Balaban J connectivity index is 1.66. The van der Waals surface area contributed by atoms with Crippen molar-refractivity contribution in [2.45, 2.75) is 31.7 Å². The number of rotatable bonds is 5. The highest BCUT2D eigenvalue weighted by Crippen LogP contribution is 2.22. The smallest absolute Gasteiger partial charge is 0.249 e. The second kappa shape index (κ2) is 6.60. The number of aromatic nitrogens is 3. The van der Waals surface area contributed by atoms with E-state index in [9.17, 15) is 0 Å². The van der Waals surface area contributed by atoms with Crippen molar-refractivity contribution in [3.05, 3.63) is 30.5 Å². The Morgan fingerprint density at radius 3 is 2.50 bits per heavy atom. The molecule has 6 heteroatoms. The highest BCUT2D eigenvalue weighted by Gasteiger charge is 2.15. The third-order valence-electron chi connectivity index (χ3n) is 3.91. The summed E-state index contributed by atoms with van der Waals surface area (Å²) < 4.78 is 0. The van der Waals surface area contributed by atoms with Gasteiger partial charge in [-0.3, -0.25) is 0 Å². The zero-order valence-corrected chi connectivity index (χ0v) is 13.1. The molecule has 0 bridgehead atoms. The van der Waals surface area contributed by atoms with E-state index < -0.39 is 0 Å². The molecule has 0 aliphatic heterocycles. The molecular formula is C16H22N6. The summed E-state index contributed by atoms with van der Waals surface area (Å²) in [6.07, 6.45) is 6.68. The van der Waals surface area contributed by atoms with E-state index in [1.165, 1.54) is 25.7 Å². The maximum Gasteiger partial charge on any atom is 0.249 e. The fourth-order valence-corrected chi connectivity index (χ4v) is 2.68.